The number of aromatic nitrogens is 1. The van der Waals surface area contributed by atoms with Crippen LogP contribution < -0.4 is 16.0 Å². The maximum Gasteiger partial charge on any atom is 0.243 e. The van der Waals surface area contributed by atoms with Crippen molar-refractivity contribution >= 4 is 17.5 Å². The first-order valence-corrected chi connectivity index (χ1v) is 12.0. The van der Waals surface area contributed by atoms with Crippen LogP contribution in [0.25, 0.3) is 0 Å². The second-order valence-corrected chi connectivity index (χ2v) is 9.56. The molecule has 0 spiro atoms. The van der Waals surface area contributed by atoms with Gasteiger partial charge in [-0.15, -0.1) is 0 Å². The average Bonchev–Trinajstić information content (AvgIpc) is 3.56. The summed E-state index contributed by atoms with van der Waals surface area (Å²) < 4.78 is 14.1. The zero-order valence-electron chi connectivity index (χ0n) is 18.9. The largest absolute Gasteiger partial charge is 0.371 e. The van der Waals surface area contributed by atoms with E-state index in [0.717, 1.165) is 60.8 Å². The number of nitrogens with one attached hydrogen (secondary N) is 3. The van der Waals surface area contributed by atoms with E-state index in [1.165, 1.54) is 6.07 Å². The standard InChI is InChI=1S/C26H28FN5O2/c27-20-7-3-5-16-11-22(30-24(16)20)26(34)31-21(10-15-8-9-15)25(33)32-23(12-28)19-14-29-13-17-4-1-2-6-18(17)19/h3,5,7,13-15,21-23,30H,1-2,4,6,8-11H2,(H,31,34)(H,32,33). The van der Waals surface area contributed by atoms with Crippen LogP contribution in [0, 0.1) is 23.1 Å². The van der Waals surface area contributed by atoms with Crippen molar-refractivity contribution in [1.29, 1.82) is 5.26 Å². The van der Waals surface area contributed by atoms with Crippen molar-refractivity contribution in [3.63, 3.8) is 0 Å². The van der Waals surface area contributed by atoms with Gasteiger partial charge >= 0.3 is 0 Å². The lowest BCUT2D eigenvalue weighted by Crippen LogP contribution is -2.51. The van der Waals surface area contributed by atoms with Gasteiger partial charge in [0, 0.05) is 24.4 Å². The number of hydrogen-bond donors (Lipinski definition) is 3. The lowest BCUT2D eigenvalue weighted by Gasteiger charge is -2.24. The number of aryl methyl sites for hydroxylation is 1. The van der Waals surface area contributed by atoms with E-state index < -0.39 is 23.9 Å². The first kappa shape index (κ1) is 22.3. The van der Waals surface area contributed by atoms with Crippen molar-refractivity contribution in [3.05, 3.63) is 58.7 Å². The van der Waals surface area contributed by atoms with Gasteiger partial charge in [-0.25, -0.2) is 4.39 Å². The lowest BCUT2D eigenvalue weighted by molar-refractivity contribution is -0.129. The average molecular weight is 462 g/mol. The molecule has 5 rings (SSSR count). The molecule has 1 aliphatic heterocycles. The number of nitriles is 1. The van der Waals surface area contributed by atoms with E-state index in [4.69, 9.17) is 0 Å². The van der Waals surface area contributed by atoms with Gasteiger partial charge in [-0.3, -0.25) is 14.6 Å². The Labute approximate surface area is 198 Å². The molecule has 176 valence electrons. The van der Waals surface area contributed by atoms with Gasteiger partial charge in [-0.05, 0) is 60.8 Å². The molecule has 7 nitrogen and oxygen atoms in total. The molecule has 1 aromatic carbocycles. The predicted octanol–water partition coefficient (Wildman–Crippen LogP) is 3.10. The highest BCUT2D eigenvalue weighted by Gasteiger charge is 2.35. The zero-order valence-corrected chi connectivity index (χ0v) is 18.9. The maximum absolute atomic E-state index is 14.1. The van der Waals surface area contributed by atoms with Crippen molar-refractivity contribution in [2.75, 3.05) is 5.32 Å². The number of carbonyl (C=O) groups is 2. The summed E-state index contributed by atoms with van der Waals surface area (Å²) in [4.78, 5) is 30.6. The Kier molecular flexibility index (Phi) is 6.18. The third-order valence-corrected chi connectivity index (χ3v) is 7.09. The van der Waals surface area contributed by atoms with Crippen LogP contribution in [-0.4, -0.2) is 28.9 Å². The minimum Gasteiger partial charge on any atom is -0.371 e. The summed E-state index contributed by atoms with van der Waals surface area (Å²) in [5, 5.41) is 18.5. The molecule has 0 radical (unpaired) electrons. The quantitative estimate of drug-likeness (QED) is 0.587. The molecule has 1 aromatic heterocycles. The number of nitrogens with zero attached hydrogens (tertiary/aromatic N) is 2. The summed E-state index contributed by atoms with van der Waals surface area (Å²) >= 11 is 0. The summed E-state index contributed by atoms with van der Waals surface area (Å²) in [6.07, 6.45) is 10.4. The SMILES string of the molecule is N#CC(NC(=O)C(CC1CC1)NC(=O)C1Cc2cccc(F)c2N1)c1cncc2c1CCCC2. The highest BCUT2D eigenvalue weighted by atomic mass is 19.1. The number of amides is 2. The fourth-order valence-electron chi connectivity index (χ4n) is 5.05. The fourth-order valence-corrected chi connectivity index (χ4v) is 5.05. The maximum atomic E-state index is 14.1. The summed E-state index contributed by atoms with van der Waals surface area (Å²) in [5.74, 6) is -0.726. The van der Waals surface area contributed by atoms with E-state index in [1.54, 1.807) is 18.3 Å². The molecule has 3 aliphatic rings. The molecule has 8 heteroatoms. The van der Waals surface area contributed by atoms with Gasteiger partial charge in [0.2, 0.25) is 11.8 Å². The number of halogens is 1. The first-order chi connectivity index (χ1) is 16.5. The molecule has 1 fully saturated rings. The topological polar surface area (TPSA) is 107 Å². The van der Waals surface area contributed by atoms with Crippen LogP contribution in [0.5, 0.6) is 0 Å². The second kappa shape index (κ2) is 9.41. The molecule has 2 aromatic rings. The molecule has 3 N–H and O–H groups in total. The number of rotatable bonds is 7. The number of benzene rings is 1. The van der Waals surface area contributed by atoms with Crippen molar-refractivity contribution < 1.29 is 14.0 Å². The van der Waals surface area contributed by atoms with Gasteiger partial charge < -0.3 is 16.0 Å². The van der Waals surface area contributed by atoms with Crippen LogP contribution in [0.3, 0.4) is 0 Å². The van der Waals surface area contributed by atoms with Gasteiger partial charge in [0.05, 0.1) is 11.8 Å². The zero-order chi connectivity index (χ0) is 23.7. The third-order valence-electron chi connectivity index (χ3n) is 7.09. The molecule has 3 atom stereocenters. The van der Waals surface area contributed by atoms with Crippen LogP contribution in [0.2, 0.25) is 0 Å². The second-order valence-electron chi connectivity index (χ2n) is 9.56. The summed E-state index contributed by atoms with van der Waals surface area (Å²) in [5.41, 5.74) is 4.07. The van der Waals surface area contributed by atoms with Crippen molar-refractivity contribution in [2.24, 2.45) is 5.92 Å². The smallest absolute Gasteiger partial charge is 0.243 e. The summed E-state index contributed by atoms with van der Waals surface area (Å²) in [7, 11) is 0. The normalized spacial score (nSPS) is 20.2. The van der Waals surface area contributed by atoms with E-state index in [9.17, 15) is 19.2 Å². The minimum atomic E-state index is -0.824. The Morgan fingerprint density at radius 3 is 2.76 bits per heavy atom. The molecule has 34 heavy (non-hydrogen) atoms. The van der Waals surface area contributed by atoms with Crippen molar-refractivity contribution in [3.8, 4) is 6.07 Å². The molecular weight excluding hydrogens is 433 g/mol. The summed E-state index contributed by atoms with van der Waals surface area (Å²) in [6.45, 7) is 0. The van der Waals surface area contributed by atoms with Gasteiger partial charge in [-0.1, -0.05) is 25.0 Å². The molecule has 2 aliphatic carbocycles. The number of carbonyl (C=O) groups excluding carboxylic acids is 2. The number of pyridine rings is 1. The van der Waals surface area contributed by atoms with Crippen molar-refractivity contribution in [2.45, 2.75) is 69.5 Å². The Hall–Kier alpha value is -3.47. The minimum absolute atomic E-state index is 0.344. The number of para-hydroxylation sites is 1. The van der Waals surface area contributed by atoms with Crippen LogP contribution >= 0.6 is 0 Å². The van der Waals surface area contributed by atoms with E-state index >= 15 is 0 Å². The predicted molar refractivity (Wildman–Crippen MR) is 124 cm³/mol. The Morgan fingerprint density at radius 1 is 1.18 bits per heavy atom. The molecular formula is C26H28FN5O2. The van der Waals surface area contributed by atoms with Gasteiger partial charge in [0.25, 0.3) is 0 Å². The number of hydrogen-bond acceptors (Lipinski definition) is 5. The van der Waals surface area contributed by atoms with E-state index in [1.807, 2.05) is 6.20 Å². The highest BCUT2D eigenvalue weighted by molar-refractivity contribution is 5.92. The fraction of sp³-hybridized carbons (Fsp3) is 0.462. The van der Waals surface area contributed by atoms with Crippen LogP contribution in [0.4, 0.5) is 10.1 Å². The molecule has 2 heterocycles. The van der Waals surface area contributed by atoms with Crippen LogP contribution in [-0.2, 0) is 28.9 Å². The molecule has 1 saturated carbocycles. The van der Waals surface area contributed by atoms with E-state index in [2.05, 4.69) is 27.0 Å². The molecule has 3 unspecified atom stereocenters. The Morgan fingerprint density at radius 2 is 2.00 bits per heavy atom. The third kappa shape index (κ3) is 4.60. The monoisotopic (exact) mass is 461 g/mol. The van der Waals surface area contributed by atoms with E-state index in [-0.39, 0.29) is 11.8 Å². The van der Waals surface area contributed by atoms with Gasteiger partial charge in [0.15, 0.2) is 0 Å². The van der Waals surface area contributed by atoms with E-state index in [0.29, 0.717) is 24.4 Å². The lowest BCUT2D eigenvalue weighted by atomic mass is 9.88. The molecule has 0 saturated heterocycles. The number of anilines is 1. The summed E-state index contributed by atoms with van der Waals surface area (Å²) in [6, 6.07) is 4.77. The number of fused-ring (bicyclic) bond motifs is 2. The Bertz CT molecular complexity index is 1160. The van der Waals surface area contributed by atoms with Crippen LogP contribution in [0.15, 0.2) is 30.6 Å². The van der Waals surface area contributed by atoms with Gasteiger partial charge in [-0.2, -0.15) is 5.26 Å². The Balaban J connectivity index is 1.29. The highest BCUT2D eigenvalue weighted by Crippen LogP contribution is 2.34. The van der Waals surface area contributed by atoms with Gasteiger partial charge in [0.1, 0.15) is 23.9 Å². The molecule has 2 amide bonds. The molecule has 0 bridgehead atoms. The first-order valence-electron chi connectivity index (χ1n) is 12.0. The van der Waals surface area contributed by atoms with Crippen molar-refractivity contribution in [1.82, 2.24) is 15.6 Å². The van der Waals surface area contributed by atoms with Crippen LogP contribution in [0.1, 0.15) is 60.4 Å².